The molecule has 11 aromatic rings. The quantitative estimate of drug-likeness (QED) is 0.188. The number of para-hydroxylation sites is 4. The molecule has 51 heavy (non-hydrogen) atoms. The van der Waals surface area contributed by atoms with E-state index in [9.17, 15) is 0 Å². The standard InChI is InChI=1S/C44H25N5O2/c1-5-15-34-27(10-1)28-11-2-6-16-35(28)49(34)36-17-7-3-13-31(36)43-46-42(26-20-21-30-29-12-4-8-18-37(29)50-39(30)24-26)47-44(48-43)33-14-9-19-38-41(33)32-22-23-45-25-40(32)51-38/h1-25H. The lowest BCUT2D eigenvalue weighted by Crippen LogP contribution is -2.03. The molecule has 7 nitrogen and oxygen atoms in total. The van der Waals surface area contributed by atoms with Crippen LogP contribution in [0.15, 0.2) is 161 Å². The average molecular weight is 656 g/mol. The minimum atomic E-state index is 0.542. The minimum Gasteiger partial charge on any atom is -0.456 e. The summed E-state index contributed by atoms with van der Waals surface area (Å²) >= 11 is 0. The van der Waals surface area contributed by atoms with E-state index in [1.165, 1.54) is 10.8 Å². The van der Waals surface area contributed by atoms with Crippen molar-refractivity contribution in [3.63, 3.8) is 0 Å². The molecule has 0 saturated heterocycles. The molecule has 0 bridgehead atoms. The van der Waals surface area contributed by atoms with Crippen molar-refractivity contribution in [2.45, 2.75) is 0 Å². The highest BCUT2D eigenvalue weighted by molar-refractivity contribution is 6.12. The van der Waals surface area contributed by atoms with Crippen LogP contribution in [-0.2, 0) is 0 Å². The summed E-state index contributed by atoms with van der Waals surface area (Å²) in [4.78, 5) is 19.9. The van der Waals surface area contributed by atoms with Gasteiger partial charge in [0.25, 0.3) is 0 Å². The molecule has 0 aliphatic carbocycles. The van der Waals surface area contributed by atoms with E-state index in [1.807, 2.05) is 54.6 Å². The molecule has 5 heterocycles. The maximum atomic E-state index is 6.30. The lowest BCUT2D eigenvalue weighted by Gasteiger charge is -2.14. The van der Waals surface area contributed by atoms with E-state index in [2.05, 4.69) is 94.5 Å². The number of furan rings is 2. The van der Waals surface area contributed by atoms with Crippen molar-refractivity contribution in [2.75, 3.05) is 0 Å². The van der Waals surface area contributed by atoms with Gasteiger partial charge in [-0.15, -0.1) is 0 Å². The fourth-order valence-corrected chi connectivity index (χ4v) is 7.52. The normalized spacial score (nSPS) is 11.9. The van der Waals surface area contributed by atoms with E-state index >= 15 is 0 Å². The van der Waals surface area contributed by atoms with Gasteiger partial charge in [-0.2, -0.15) is 0 Å². The largest absolute Gasteiger partial charge is 0.456 e. The molecule has 7 heteroatoms. The summed E-state index contributed by atoms with van der Waals surface area (Å²) in [5.74, 6) is 1.64. The van der Waals surface area contributed by atoms with Crippen LogP contribution in [0.1, 0.15) is 0 Å². The molecule has 0 aliphatic rings. The molecular formula is C44H25N5O2. The summed E-state index contributed by atoms with van der Waals surface area (Å²) in [5.41, 5.74) is 8.83. The first kappa shape index (κ1) is 27.8. The second-order valence-corrected chi connectivity index (χ2v) is 12.7. The summed E-state index contributed by atoms with van der Waals surface area (Å²) in [7, 11) is 0. The zero-order chi connectivity index (χ0) is 33.5. The molecule has 0 fully saturated rings. The van der Waals surface area contributed by atoms with Gasteiger partial charge in [-0.1, -0.05) is 84.9 Å². The van der Waals surface area contributed by atoms with Crippen LogP contribution in [0.25, 0.3) is 106 Å². The van der Waals surface area contributed by atoms with Crippen LogP contribution >= 0.6 is 0 Å². The lowest BCUT2D eigenvalue weighted by molar-refractivity contribution is 0.667. The van der Waals surface area contributed by atoms with E-state index in [0.717, 1.165) is 71.7 Å². The van der Waals surface area contributed by atoms with Crippen molar-refractivity contribution in [1.82, 2.24) is 24.5 Å². The van der Waals surface area contributed by atoms with Crippen molar-refractivity contribution < 1.29 is 8.83 Å². The smallest absolute Gasteiger partial charge is 0.166 e. The number of hydrogen-bond donors (Lipinski definition) is 0. The number of aromatic nitrogens is 5. The van der Waals surface area contributed by atoms with Crippen LogP contribution in [0, 0.1) is 0 Å². The van der Waals surface area contributed by atoms with Crippen molar-refractivity contribution in [3.05, 3.63) is 152 Å². The fraction of sp³-hybridized carbons (Fsp3) is 0. The molecule has 0 saturated carbocycles. The Morgan fingerprint density at radius 1 is 0.431 bits per heavy atom. The lowest BCUT2D eigenvalue weighted by atomic mass is 10.1. The van der Waals surface area contributed by atoms with Crippen molar-refractivity contribution in [1.29, 1.82) is 0 Å². The van der Waals surface area contributed by atoms with Gasteiger partial charge >= 0.3 is 0 Å². The van der Waals surface area contributed by atoms with Gasteiger partial charge in [0.2, 0.25) is 0 Å². The SMILES string of the molecule is c1ccc(-n2c3ccccc3c3ccccc32)c(-c2nc(-c3ccc4c(c3)oc3ccccc34)nc(-c3cccc4oc5cnccc5c34)n2)c1. The van der Waals surface area contributed by atoms with Gasteiger partial charge in [0.15, 0.2) is 23.1 Å². The number of rotatable bonds is 4. The molecule has 0 N–H and O–H groups in total. The Morgan fingerprint density at radius 3 is 1.90 bits per heavy atom. The van der Waals surface area contributed by atoms with Crippen molar-refractivity contribution in [2.24, 2.45) is 0 Å². The highest BCUT2D eigenvalue weighted by Crippen LogP contribution is 2.39. The Labute approximate surface area is 290 Å². The van der Waals surface area contributed by atoms with Crippen LogP contribution in [0.3, 0.4) is 0 Å². The number of fused-ring (bicyclic) bond motifs is 9. The predicted molar refractivity (Wildman–Crippen MR) is 203 cm³/mol. The van der Waals surface area contributed by atoms with E-state index < -0.39 is 0 Å². The Bertz CT molecular complexity index is 3120. The number of benzene rings is 6. The van der Waals surface area contributed by atoms with Gasteiger partial charge in [-0.25, -0.2) is 15.0 Å². The summed E-state index contributed by atoms with van der Waals surface area (Å²) in [6.45, 7) is 0. The average Bonchev–Trinajstić information content (AvgIpc) is 3.87. The molecule has 0 aliphatic heterocycles. The maximum Gasteiger partial charge on any atom is 0.166 e. The van der Waals surface area contributed by atoms with E-state index in [-0.39, 0.29) is 0 Å². The highest BCUT2D eigenvalue weighted by atomic mass is 16.3. The first-order valence-electron chi connectivity index (χ1n) is 16.8. The second-order valence-electron chi connectivity index (χ2n) is 12.7. The first-order valence-corrected chi connectivity index (χ1v) is 16.8. The number of nitrogens with zero attached hydrogens (tertiary/aromatic N) is 5. The van der Waals surface area contributed by atoms with Crippen LogP contribution in [0.4, 0.5) is 0 Å². The van der Waals surface area contributed by atoms with Gasteiger partial charge in [0.1, 0.15) is 16.7 Å². The van der Waals surface area contributed by atoms with Gasteiger partial charge in [-0.3, -0.25) is 4.98 Å². The second kappa shape index (κ2) is 10.7. The number of pyridine rings is 1. The Hall–Kier alpha value is -7.12. The molecule has 11 rings (SSSR count). The van der Waals surface area contributed by atoms with E-state index in [4.69, 9.17) is 23.8 Å². The first-order chi connectivity index (χ1) is 25.3. The van der Waals surface area contributed by atoms with Crippen LogP contribution in [0.5, 0.6) is 0 Å². The predicted octanol–water partition coefficient (Wildman–Crippen LogP) is 11.2. The summed E-state index contributed by atoms with van der Waals surface area (Å²) in [6.07, 6.45) is 3.52. The molecule has 0 amide bonds. The Balaban J connectivity index is 1.20. The molecule has 0 spiro atoms. The van der Waals surface area contributed by atoms with Crippen molar-refractivity contribution >= 4 is 65.7 Å². The molecule has 238 valence electrons. The van der Waals surface area contributed by atoms with Crippen LogP contribution in [-0.4, -0.2) is 24.5 Å². The van der Waals surface area contributed by atoms with Gasteiger partial charge in [0.05, 0.1) is 22.9 Å². The fourth-order valence-electron chi connectivity index (χ4n) is 7.52. The molecule has 6 aromatic carbocycles. The molecular weight excluding hydrogens is 631 g/mol. The maximum absolute atomic E-state index is 6.30. The van der Waals surface area contributed by atoms with Crippen molar-refractivity contribution in [3.8, 4) is 39.9 Å². The minimum absolute atomic E-state index is 0.542. The molecule has 0 atom stereocenters. The van der Waals surface area contributed by atoms with Gasteiger partial charge in [-0.05, 0) is 54.6 Å². The highest BCUT2D eigenvalue weighted by Gasteiger charge is 2.21. The molecule has 0 radical (unpaired) electrons. The number of hydrogen-bond acceptors (Lipinski definition) is 6. The topological polar surface area (TPSA) is 82.8 Å². The van der Waals surface area contributed by atoms with Gasteiger partial charge in [0, 0.05) is 55.2 Å². The molecule has 0 unspecified atom stereocenters. The summed E-state index contributed by atoms with van der Waals surface area (Å²) in [5, 5.41) is 6.38. The van der Waals surface area contributed by atoms with Crippen LogP contribution in [0.2, 0.25) is 0 Å². The zero-order valence-corrected chi connectivity index (χ0v) is 27.0. The third-order valence-electron chi connectivity index (χ3n) is 9.78. The third-order valence-corrected chi connectivity index (χ3v) is 9.78. The molecule has 5 aromatic heterocycles. The van der Waals surface area contributed by atoms with Gasteiger partial charge < -0.3 is 13.4 Å². The monoisotopic (exact) mass is 655 g/mol. The Morgan fingerprint density at radius 2 is 1.06 bits per heavy atom. The summed E-state index contributed by atoms with van der Waals surface area (Å²) < 4.78 is 14.8. The zero-order valence-electron chi connectivity index (χ0n) is 27.0. The van der Waals surface area contributed by atoms with E-state index in [1.54, 1.807) is 12.4 Å². The summed E-state index contributed by atoms with van der Waals surface area (Å²) in [6, 6.07) is 47.6. The van der Waals surface area contributed by atoms with Crippen LogP contribution < -0.4 is 0 Å². The Kier molecular flexibility index (Phi) is 5.83. The van der Waals surface area contributed by atoms with E-state index in [0.29, 0.717) is 23.1 Å². The third kappa shape index (κ3) is 4.18.